The fourth-order valence-electron chi connectivity index (χ4n) is 0.282. The van der Waals surface area contributed by atoms with Crippen molar-refractivity contribution in [2.45, 2.75) is 6.42 Å². The summed E-state index contributed by atoms with van der Waals surface area (Å²) in [5.74, 6) is -0.932. The molecular weight excluding hydrogens is 238 g/mol. The van der Waals surface area contributed by atoms with Gasteiger partial charge in [0.05, 0.1) is 13.0 Å². The monoisotopic (exact) mass is 250 g/mol. The van der Waals surface area contributed by atoms with E-state index in [0.29, 0.717) is 0 Å². The summed E-state index contributed by atoms with van der Waals surface area (Å²) in [7, 11) is -6.58. The number of carboxylic acid groups (broad SMARTS) is 1. The Labute approximate surface area is 80.6 Å². The highest BCUT2D eigenvalue weighted by atomic mass is 31.2. The molecule has 0 aromatic rings. The van der Waals surface area contributed by atoms with Crippen molar-refractivity contribution >= 4 is 21.8 Å². The minimum absolute atomic E-state index is 0.0453. The van der Waals surface area contributed by atoms with Crippen LogP contribution < -0.4 is 0 Å². The molecule has 14 heavy (non-hydrogen) atoms. The zero-order chi connectivity index (χ0) is 11.8. The van der Waals surface area contributed by atoms with E-state index in [9.17, 15) is 9.36 Å². The summed E-state index contributed by atoms with van der Waals surface area (Å²) in [5, 5.41) is 8.06. The smallest absolute Gasteiger partial charge is 0.466 e. The number of phosphoric acid groups is 1. The number of rotatable bonds is 4. The Morgan fingerprint density at radius 1 is 1.43 bits per heavy atom. The molecule has 10 heteroatoms. The van der Waals surface area contributed by atoms with Crippen LogP contribution in [0.5, 0.6) is 0 Å². The van der Waals surface area contributed by atoms with Crippen molar-refractivity contribution in [3.05, 3.63) is 0 Å². The minimum Gasteiger partial charge on any atom is -0.481 e. The van der Waals surface area contributed by atoms with E-state index in [1.165, 1.54) is 6.66 Å². The van der Waals surface area contributed by atoms with E-state index >= 15 is 0 Å². The summed E-state index contributed by atoms with van der Waals surface area (Å²) in [6.07, 6.45) is -0.0791. The lowest BCUT2D eigenvalue weighted by atomic mass is 10.5. The standard InChI is InChI=1S/C4H9O4P.H3O4P/c1-9(7)8-3-2-4(5)6;1-5(2,3)4/h9H,2-3H2,1H3,(H,5,6);(H3,1,2,3,4). The number of carbonyl (C=O) groups is 1. The van der Waals surface area contributed by atoms with Gasteiger partial charge in [0.25, 0.3) is 0 Å². The summed E-state index contributed by atoms with van der Waals surface area (Å²) in [6, 6.07) is 0. The summed E-state index contributed by atoms with van der Waals surface area (Å²) >= 11 is 0. The third-order valence-electron chi connectivity index (χ3n) is 0.621. The molecule has 0 fully saturated rings. The largest absolute Gasteiger partial charge is 0.481 e. The average Bonchev–Trinajstić information content (AvgIpc) is 1.80. The zero-order valence-corrected chi connectivity index (χ0v) is 9.18. The van der Waals surface area contributed by atoms with Gasteiger partial charge in [-0.15, -0.1) is 0 Å². The van der Waals surface area contributed by atoms with Crippen LogP contribution >= 0.6 is 15.9 Å². The van der Waals surface area contributed by atoms with E-state index in [2.05, 4.69) is 4.52 Å². The van der Waals surface area contributed by atoms with Crippen molar-refractivity contribution in [2.24, 2.45) is 0 Å². The SMILES string of the molecule is C[PH](=O)OCCC(=O)O.O=P(O)(O)O. The fraction of sp³-hybridized carbons (Fsp3) is 0.750. The van der Waals surface area contributed by atoms with Gasteiger partial charge >= 0.3 is 13.8 Å². The first-order chi connectivity index (χ1) is 6.13. The van der Waals surface area contributed by atoms with Gasteiger partial charge in [-0.3, -0.25) is 9.36 Å². The molecule has 0 aliphatic heterocycles. The molecule has 0 aliphatic rings. The van der Waals surface area contributed by atoms with Crippen LogP contribution in [0.25, 0.3) is 0 Å². The lowest BCUT2D eigenvalue weighted by molar-refractivity contribution is -0.137. The minimum atomic E-state index is -4.64. The van der Waals surface area contributed by atoms with Gasteiger partial charge < -0.3 is 24.3 Å². The van der Waals surface area contributed by atoms with E-state index in [4.69, 9.17) is 24.4 Å². The third-order valence-corrected chi connectivity index (χ3v) is 1.23. The Bertz CT molecular complexity index is 209. The second-order valence-corrected chi connectivity index (χ2v) is 4.30. The summed E-state index contributed by atoms with van der Waals surface area (Å²) < 4.78 is 23.6. The molecule has 4 N–H and O–H groups in total. The lowest BCUT2D eigenvalue weighted by Gasteiger charge is -1.94. The number of hydrogen-bond donors (Lipinski definition) is 4. The van der Waals surface area contributed by atoms with Crippen LogP contribution in [-0.2, 0) is 18.4 Å². The predicted octanol–water partition coefficient (Wildman–Crippen LogP) is -0.346. The Balaban J connectivity index is 0. The second kappa shape index (κ2) is 8.11. The number of carboxylic acids is 1. The van der Waals surface area contributed by atoms with E-state index in [1.54, 1.807) is 0 Å². The second-order valence-electron chi connectivity index (χ2n) is 2.00. The van der Waals surface area contributed by atoms with Gasteiger partial charge in [-0.25, -0.2) is 4.57 Å². The summed E-state index contributed by atoms with van der Waals surface area (Å²) in [5.41, 5.74) is 0. The molecule has 0 saturated heterocycles. The average molecular weight is 250 g/mol. The molecule has 0 spiro atoms. The van der Waals surface area contributed by atoms with Gasteiger partial charge in [-0.1, -0.05) is 0 Å². The Morgan fingerprint density at radius 3 is 2.00 bits per heavy atom. The van der Waals surface area contributed by atoms with Gasteiger partial charge in [-0.2, -0.15) is 0 Å². The quantitative estimate of drug-likeness (QED) is 0.496. The molecule has 0 aromatic heterocycles. The molecule has 0 radical (unpaired) electrons. The zero-order valence-electron chi connectivity index (χ0n) is 7.28. The first-order valence-corrected chi connectivity index (χ1v) is 6.64. The van der Waals surface area contributed by atoms with E-state index in [-0.39, 0.29) is 13.0 Å². The van der Waals surface area contributed by atoms with Crippen LogP contribution in [0.2, 0.25) is 0 Å². The molecule has 0 rings (SSSR count). The van der Waals surface area contributed by atoms with E-state index in [1.807, 2.05) is 0 Å². The van der Waals surface area contributed by atoms with Crippen molar-refractivity contribution in [3.8, 4) is 0 Å². The molecule has 0 aliphatic carbocycles. The van der Waals surface area contributed by atoms with Crippen molar-refractivity contribution < 1.29 is 38.2 Å². The topological polar surface area (TPSA) is 141 Å². The van der Waals surface area contributed by atoms with Crippen molar-refractivity contribution in [3.63, 3.8) is 0 Å². The van der Waals surface area contributed by atoms with Crippen molar-refractivity contribution in [1.82, 2.24) is 0 Å². The maximum atomic E-state index is 10.2. The third kappa shape index (κ3) is 41.0. The van der Waals surface area contributed by atoms with Crippen LogP contribution in [0.15, 0.2) is 0 Å². The first kappa shape index (κ1) is 16.2. The van der Waals surface area contributed by atoms with Gasteiger partial charge in [0.15, 0.2) is 8.03 Å². The van der Waals surface area contributed by atoms with Crippen LogP contribution in [0.3, 0.4) is 0 Å². The Morgan fingerprint density at radius 2 is 1.79 bits per heavy atom. The predicted molar refractivity (Wildman–Crippen MR) is 47.4 cm³/mol. The van der Waals surface area contributed by atoms with Gasteiger partial charge in [0, 0.05) is 6.66 Å². The first-order valence-electron chi connectivity index (χ1n) is 3.26. The summed E-state index contributed by atoms with van der Waals surface area (Å²) in [6.45, 7) is 1.47. The highest BCUT2D eigenvalue weighted by Gasteiger charge is 2.00. The molecule has 1 atom stereocenters. The molecule has 0 saturated carbocycles. The maximum Gasteiger partial charge on any atom is 0.466 e. The molecule has 0 bridgehead atoms. The van der Waals surface area contributed by atoms with Gasteiger partial charge in [-0.05, 0) is 0 Å². The van der Waals surface area contributed by atoms with Crippen molar-refractivity contribution in [1.29, 1.82) is 0 Å². The highest BCUT2D eigenvalue weighted by molar-refractivity contribution is 7.45. The van der Waals surface area contributed by atoms with Gasteiger partial charge in [0.2, 0.25) is 0 Å². The van der Waals surface area contributed by atoms with Crippen LogP contribution in [0.4, 0.5) is 0 Å². The Kier molecular flexibility index (Phi) is 9.39. The van der Waals surface area contributed by atoms with E-state index < -0.39 is 21.8 Å². The lowest BCUT2D eigenvalue weighted by Crippen LogP contribution is -1.98. The molecule has 0 aromatic carbocycles. The normalized spacial score (nSPS) is 12.6. The molecule has 1 unspecified atom stereocenters. The Hall–Kier alpha value is -0.230. The van der Waals surface area contributed by atoms with Crippen molar-refractivity contribution in [2.75, 3.05) is 13.3 Å². The van der Waals surface area contributed by atoms with E-state index in [0.717, 1.165) is 0 Å². The summed E-state index contributed by atoms with van der Waals surface area (Å²) in [4.78, 5) is 31.4. The number of aliphatic carboxylic acids is 1. The highest BCUT2D eigenvalue weighted by Crippen LogP contribution is 2.25. The number of hydrogen-bond acceptors (Lipinski definition) is 4. The van der Waals surface area contributed by atoms with Gasteiger partial charge in [0.1, 0.15) is 0 Å². The molecule has 0 heterocycles. The maximum absolute atomic E-state index is 10.2. The van der Waals surface area contributed by atoms with Crippen LogP contribution in [0, 0.1) is 0 Å². The van der Waals surface area contributed by atoms with Crippen LogP contribution in [-0.4, -0.2) is 39.0 Å². The fourth-order valence-corrected chi connectivity index (χ4v) is 0.672. The van der Waals surface area contributed by atoms with Crippen LogP contribution in [0.1, 0.15) is 6.42 Å². The molecule has 0 amide bonds. The molecular formula is C4H12O8P2. The molecule has 8 nitrogen and oxygen atoms in total. The molecule has 86 valence electrons.